The van der Waals surface area contributed by atoms with E-state index in [1.165, 1.54) is 12.5 Å². The van der Waals surface area contributed by atoms with Crippen molar-refractivity contribution in [3.8, 4) is 17.2 Å². The van der Waals surface area contributed by atoms with Gasteiger partial charge in [-0.25, -0.2) is 0 Å². The normalized spacial score (nSPS) is 36.9. The molecular weight excluding hydrogens is 436 g/mol. The van der Waals surface area contributed by atoms with Crippen LogP contribution in [0.25, 0.3) is 0 Å². The Kier molecular flexibility index (Phi) is 4.88. The highest BCUT2D eigenvalue weighted by molar-refractivity contribution is 5.81. The number of esters is 1. The smallest absolute Gasteiger partial charge is 0.302 e. The topological polar surface area (TPSA) is 80.7 Å². The summed E-state index contributed by atoms with van der Waals surface area (Å²) in [4.78, 5) is 16.6. The maximum Gasteiger partial charge on any atom is 0.302 e. The molecule has 1 saturated heterocycles. The van der Waals surface area contributed by atoms with Gasteiger partial charge in [-0.3, -0.25) is 9.69 Å². The zero-order valence-electron chi connectivity index (χ0n) is 20.4. The van der Waals surface area contributed by atoms with Gasteiger partial charge in [-0.2, -0.15) is 0 Å². The molecule has 1 aromatic rings. The molecule has 0 unspecified atom stereocenters. The van der Waals surface area contributed by atoms with Gasteiger partial charge >= 0.3 is 5.97 Å². The van der Waals surface area contributed by atoms with Gasteiger partial charge in [-0.05, 0) is 44.4 Å². The van der Waals surface area contributed by atoms with E-state index < -0.39 is 11.5 Å². The molecule has 0 amide bonds. The lowest BCUT2D eigenvalue weighted by Crippen LogP contribution is -2.69. The molecule has 4 heterocycles. The lowest BCUT2D eigenvalue weighted by molar-refractivity contribution is -0.144. The Morgan fingerprint density at radius 1 is 1.32 bits per heavy atom. The summed E-state index contributed by atoms with van der Waals surface area (Å²) in [6, 6.07) is 2.58. The van der Waals surface area contributed by atoms with E-state index in [0.717, 1.165) is 30.9 Å². The van der Waals surface area contributed by atoms with Gasteiger partial charge in [0.2, 0.25) is 5.75 Å². The average molecular weight is 471 g/mol. The zero-order chi connectivity index (χ0) is 23.8. The van der Waals surface area contributed by atoms with Crippen LogP contribution in [0.4, 0.5) is 5.69 Å². The van der Waals surface area contributed by atoms with Crippen LogP contribution in [-0.2, 0) is 14.9 Å². The van der Waals surface area contributed by atoms with Crippen LogP contribution in [0.1, 0.15) is 38.7 Å². The van der Waals surface area contributed by atoms with Crippen LogP contribution in [0.5, 0.6) is 17.2 Å². The third-order valence-corrected chi connectivity index (χ3v) is 9.08. The Bertz CT molecular complexity index is 1060. The van der Waals surface area contributed by atoms with E-state index in [2.05, 4.69) is 34.9 Å². The first kappa shape index (κ1) is 22.0. The van der Waals surface area contributed by atoms with Crippen LogP contribution < -0.4 is 19.1 Å². The van der Waals surface area contributed by atoms with Crippen molar-refractivity contribution < 1.29 is 28.8 Å². The zero-order valence-corrected chi connectivity index (χ0v) is 20.4. The van der Waals surface area contributed by atoms with Crippen molar-refractivity contribution in [1.29, 1.82) is 0 Å². The fraction of sp³-hybridized carbons (Fsp3) is 0.654. The summed E-state index contributed by atoms with van der Waals surface area (Å²) in [6.45, 7) is 6.32. The maximum atomic E-state index is 11.8. The number of aliphatic hydroxyl groups is 1. The number of carbonyl (C=O) groups is 1. The molecule has 6 atom stereocenters. The third-order valence-electron chi connectivity index (χ3n) is 9.08. The number of benzene rings is 1. The molecule has 1 spiro atoms. The summed E-state index contributed by atoms with van der Waals surface area (Å²) >= 11 is 0. The van der Waals surface area contributed by atoms with E-state index in [4.69, 9.17) is 18.9 Å². The maximum absolute atomic E-state index is 11.8. The molecule has 1 saturated carbocycles. The SMILES string of the molecule is COc1cc2c3c(c1OC)OC[C@@H](C)N3[C@@H]1C[C@@H](O)[C@@]3(CCOC(C)=O)C=CCN4CC[C@@]21[C@H]43. The number of ether oxygens (including phenoxy) is 4. The van der Waals surface area contributed by atoms with E-state index in [9.17, 15) is 9.90 Å². The molecule has 0 radical (unpaired) electrons. The molecule has 8 heteroatoms. The summed E-state index contributed by atoms with van der Waals surface area (Å²) in [5.41, 5.74) is 1.66. The molecule has 4 aliphatic heterocycles. The second-order valence-electron chi connectivity index (χ2n) is 10.5. The molecular formula is C26H34N2O6. The Morgan fingerprint density at radius 2 is 2.15 bits per heavy atom. The van der Waals surface area contributed by atoms with Crippen molar-refractivity contribution >= 4 is 11.7 Å². The predicted molar refractivity (Wildman–Crippen MR) is 126 cm³/mol. The molecule has 0 aromatic heterocycles. The van der Waals surface area contributed by atoms with Crippen molar-refractivity contribution in [2.45, 2.75) is 62.8 Å². The fourth-order valence-electron chi connectivity index (χ4n) is 7.96. The van der Waals surface area contributed by atoms with E-state index >= 15 is 0 Å². The molecule has 1 aromatic carbocycles. The van der Waals surface area contributed by atoms with Gasteiger partial charge in [0.25, 0.3) is 0 Å². The largest absolute Gasteiger partial charge is 0.493 e. The van der Waals surface area contributed by atoms with Gasteiger partial charge in [-0.1, -0.05) is 12.2 Å². The van der Waals surface area contributed by atoms with E-state index in [0.29, 0.717) is 37.6 Å². The minimum atomic E-state index is -0.542. The van der Waals surface area contributed by atoms with E-state index in [1.54, 1.807) is 14.2 Å². The molecule has 8 nitrogen and oxygen atoms in total. The summed E-state index contributed by atoms with van der Waals surface area (Å²) < 4.78 is 23.2. The molecule has 1 N–H and O–H groups in total. The van der Waals surface area contributed by atoms with Crippen LogP contribution in [0.2, 0.25) is 0 Å². The Balaban J connectivity index is 1.56. The summed E-state index contributed by atoms with van der Waals surface area (Å²) in [5, 5.41) is 11.8. The average Bonchev–Trinajstić information content (AvgIpc) is 3.35. The minimum absolute atomic E-state index is 0.0920. The second-order valence-corrected chi connectivity index (χ2v) is 10.5. The summed E-state index contributed by atoms with van der Waals surface area (Å²) in [7, 11) is 3.32. The van der Waals surface area contributed by atoms with Crippen LogP contribution in [0.3, 0.4) is 0 Å². The highest BCUT2D eigenvalue weighted by atomic mass is 16.5. The first-order chi connectivity index (χ1) is 16.4. The Labute approximate surface area is 200 Å². The molecule has 6 rings (SSSR count). The number of rotatable bonds is 5. The lowest BCUT2D eigenvalue weighted by Gasteiger charge is -2.59. The minimum Gasteiger partial charge on any atom is -0.493 e. The van der Waals surface area contributed by atoms with Crippen molar-refractivity contribution in [3.05, 3.63) is 23.8 Å². The number of hydrogen-bond acceptors (Lipinski definition) is 8. The number of anilines is 1. The van der Waals surface area contributed by atoms with Crippen molar-refractivity contribution in [1.82, 2.24) is 4.90 Å². The Morgan fingerprint density at radius 3 is 2.88 bits per heavy atom. The van der Waals surface area contributed by atoms with Gasteiger partial charge in [0.1, 0.15) is 6.61 Å². The van der Waals surface area contributed by atoms with Gasteiger partial charge < -0.3 is 29.0 Å². The van der Waals surface area contributed by atoms with Gasteiger partial charge in [-0.15, -0.1) is 0 Å². The predicted octanol–water partition coefficient (Wildman–Crippen LogP) is 2.26. The van der Waals surface area contributed by atoms with Crippen LogP contribution in [-0.4, -0.2) is 80.7 Å². The number of fused-ring (bicyclic) bond motifs is 1. The van der Waals surface area contributed by atoms with Crippen molar-refractivity contribution in [2.75, 3.05) is 45.4 Å². The van der Waals surface area contributed by atoms with Crippen LogP contribution >= 0.6 is 0 Å². The number of nitrogens with zero attached hydrogens (tertiary/aromatic N) is 2. The Hall–Kier alpha value is -2.45. The van der Waals surface area contributed by atoms with Gasteiger partial charge in [0.15, 0.2) is 11.5 Å². The number of hydrogen-bond donors (Lipinski definition) is 1. The molecule has 184 valence electrons. The van der Waals surface area contributed by atoms with E-state index in [1.807, 2.05) is 0 Å². The third kappa shape index (κ3) is 2.58. The quantitative estimate of drug-likeness (QED) is 0.519. The van der Waals surface area contributed by atoms with Crippen LogP contribution in [0, 0.1) is 5.41 Å². The fourth-order valence-corrected chi connectivity index (χ4v) is 7.96. The molecule has 0 bridgehead atoms. The van der Waals surface area contributed by atoms with Crippen molar-refractivity contribution in [3.63, 3.8) is 0 Å². The highest BCUT2D eigenvalue weighted by Crippen LogP contribution is 2.68. The first-order valence-electron chi connectivity index (χ1n) is 12.3. The lowest BCUT2D eigenvalue weighted by atomic mass is 9.52. The van der Waals surface area contributed by atoms with Gasteiger partial charge in [0.05, 0.1) is 38.7 Å². The molecule has 5 aliphatic rings. The standard InChI is InChI=1S/C26H34N2O6/c1-15-14-34-23-21-17(12-18(31-3)22(23)32-4)26-7-10-27-9-5-6-25(24(26)27,8-11-33-16(2)29)20(30)13-19(26)28(15)21/h5-6,12,15,19-20,24,30H,7-11,13-14H2,1-4H3/t15-,19-,20-,24-,25+,26-/m1/s1. The number of aliphatic hydroxyl groups excluding tert-OH is 1. The molecule has 34 heavy (non-hydrogen) atoms. The first-order valence-corrected chi connectivity index (χ1v) is 12.3. The van der Waals surface area contributed by atoms with Gasteiger partial charge in [0, 0.05) is 36.4 Å². The highest BCUT2D eigenvalue weighted by Gasteiger charge is 2.71. The number of carbonyl (C=O) groups excluding carboxylic acids is 1. The van der Waals surface area contributed by atoms with Crippen molar-refractivity contribution in [2.24, 2.45) is 5.41 Å². The van der Waals surface area contributed by atoms with Crippen LogP contribution in [0.15, 0.2) is 18.2 Å². The number of methoxy groups -OCH3 is 2. The molecule has 2 fully saturated rings. The second kappa shape index (κ2) is 7.52. The monoisotopic (exact) mass is 470 g/mol. The van der Waals surface area contributed by atoms with E-state index in [-0.39, 0.29) is 29.5 Å². The summed E-state index contributed by atoms with van der Waals surface area (Å²) in [5.74, 6) is 1.78. The summed E-state index contributed by atoms with van der Waals surface area (Å²) in [6.07, 6.45) is 6.11. The molecule has 1 aliphatic carbocycles.